The molecule has 0 aliphatic carbocycles. The lowest BCUT2D eigenvalue weighted by Gasteiger charge is -2.10. The van der Waals surface area contributed by atoms with E-state index in [2.05, 4.69) is 0 Å². The Balaban J connectivity index is 2.15. The number of hydrogen-bond donors (Lipinski definition) is 1. The van der Waals surface area contributed by atoms with Gasteiger partial charge in [0.1, 0.15) is 5.76 Å². The standard InChI is InChI=1S/C13H13NO4S/c1-10(12-8-5-9-18-12)13(15)14-19(16,17)11-6-3-2-4-7-11/h2-10H,1H3,(H,14,15). The van der Waals surface area contributed by atoms with E-state index in [1.807, 2.05) is 4.72 Å². The minimum absolute atomic E-state index is 0.0509. The molecule has 6 heteroatoms. The van der Waals surface area contributed by atoms with Crippen LogP contribution in [0.4, 0.5) is 0 Å². The second-order valence-electron chi connectivity index (χ2n) is 4.02. The van der Waals surface area contributed by atoms with Gasteiger partial charge >= 0.3 is 0 Å². The van der Waals surface area contributed by atoms with Gasteiger partial charge in [-0.1, -0.05) is 18.2 Å². The summed E-state index contributed by atoms with van der Waals surface area (Å²) in [5.74, 6) is -0.881. The Morgan fingerprint density at radius 1 is 1.16 bits per heavy atom. The Labute approximate surface area is 111 Å². The van der Waals surface area contributed by atoms with Gasteiger partial charge in [0.15, 0.2) is 0 Å². The zero-order chi connectivity index (χ0) is 13.9. The van der Waals surface area contributed by atoms with Crippen molar-refractivity contribution in [2.45, 2.75) is 17.7 Å². The lowest BCUT2D eigenvalue weighted by molar-refractivity contribution is -0.120. The van der Waals surface area contributed by atoms with Gasteiger partial charge in [0.05, 0.1) is 17.1 Å². The van der Waals surface area contributed by atoms with Crippen molar-refractivity contribution in [2.24, 2.45) is 0 Å². The molecule has 0 bridgehead atoms. The number of hydrogen-bond acceptors (Lipinski definition) is 4. The second kappa shape index (κ2) is 5.27. The molecule has 0 aliphatic heterocycles. The first-order valence-corrected chi connectivity index (χ1v) is 7.14. The van der Waals surface area contributed by atoms with Crippen LogP contribution in [0.25, 0.3) is 0 Å². The molecule has 5 nitrogen and oxygen atoms in total. The molecule has 19 heavy (non-hydrogen) atoms. The first kappa shape index (κ1) is 13.4. The number of nitrogens with one attached hydrogen (secondary N) is 1. The quantitative estimate of drug-likeness (QED) is 0.927. The Morgan fingerprint density at radius 3 is 2.42 bits per heavy atom. The van der Waals surface area contributed by atoms with E-state index in [1.54, 1.807) is 37.3 Å². The fraction of sp³-hybridized carbons (Fsp3) is 0.154. The van der Waals surface area contributed by atoms with Crippen molar-refractivity contribution in [1.29, 1.82) is 0 Å². The van der Waals surface area contributed by atoms with Gasteiger partial charge in [-0.2, -0.15) is 0 Å². The molecule has 0 spiro atoms. The van der Waals surface area contributed by atoms with Gasteiger partial charge in [0.25, 0.3) is 10.0 Å². The van der Waals surface area contributed by atoms with E-state index < -0.39 is 21.8 Å². The van der Waals surface area contributed by atoms with Crippen LogP contribution >= 0.6 is 0 Å². The van der Waals surface area contributed by atoms with E-state index >= 15 is 0 Å². The van der Waals surface area contributed by atoms with Crippen molar-refractivity contribution in [2.75, 3.05) is 0 Å². The average molecular weight is 279 g/mol. The topological polar surface area (TPSA) is 76.4 Å². The summed E-state index contributed by atoms with van der Waals surface area (Å²) in [5, 5.41) is 0. The van der Waals surface area contributed by atoms with Crippen molar-refractivity contribution in [1.82, 2.24) is 4.72 Å². The van der Waals surface area contributed by atoms with Crippen molar-refractivity contribution < 1.29 is 17.6 Å². The Morgan fingerprint density at radius 2 is 1.84 bits per heavy atom. The van der Waals surface area contributed by atoms with Crippen LogP contribution in [0.15, 0.2) is 58.0 Å². The number of amides is 1. The van der Waals surface area contributed by atoms with Crippen LogP contribution in [-0.2, 0) is 14.8 Å². The summed E-state index contributed by atoms with van der Waals surface area (Å²) in [6, 6.07) is 11.0. The summed E-state index contributed by atoms with van der Waals surface area (Å²) in [6.07, 6.45) is 1.44. The molecule has 1 aromatic heterocycles. The predicted octanol–water partition coefficient (Wildman–Crippen LogP) is 1.89. The van der Waals surface area contributed by atoms with Gasteiger partial charge in [0.2, 0.25) is 5.91 Å². The fourth-order valence-corrected chi connectivity index (χ4v) is 2.62. The number of carbonyl (C=O) groups excluding carboxylic acids is 1. The van der Waals surface area contributed by atoms with Crippen LogP contribution in [0.3, 0.4) is 0 Å². The number of furan rings is 1. The van der Waals surface area contributed by atoms with Crippen molar-refractivity contribution in [3.8, 4) is 0 Å². The fourth-order valence-electron chi connectivity index (χ4n) is 1.55. The van der Waals surface area contributed by atoms with Crippen molar-refractivity contribution in [3.63, 3.8) is 0 Å². The van der Waals surface area contributed by atoms with E-state index in [9.17, 15) is 13.2 Å². The van der Waals surface area contributed by atoms with Crippen LogP contribution in [0.2, 0.25) is 0 Å². The molecule has 1 aromatic carbocycles. The predicted molar refractivity (Wildman–Crippen MR) is 68.9 cm³/mol. The highest BCUT2D eigenvalue weighted by molar-refractivity contribution is 7.90. The molecular formula is C13H13NO4S. The molecule has 0 saturated carbocycles. The molecule has 0 aliphatic rings. The molecule has 0 saturated heterocycles. The van der Waals surface area contributed by atoms with Crippen molar-refractivity contribution >= 4 is 15.9 Å². The van der Waals surface area contributed by atoms with E-state index in [0.29, 0.717) is 5.76 Å². The van der Waals surface area contributed by atoms with Gasteiger partial charge < -0.3 is 4.42 Å². The molecule has 1 N–H and O–H groups in total. The van der Waals surface area contributed by atoms with Gasteiger partial charge in [-0.05, 0) is 31.2 Å². The maximum atomic E-state index is 12.0. The number of rotatable bonds is 4. The van der Waals surface area contributed by atoms with Crippen LogP contribution in [0.5, 0.6) is 0 Å². The summed E-state index contributed by atoms with van der Waals surface area (Å²) in [4.78, 5) is 11.9. The van der Waals surface area contributed by atoms with Gasteiger partial charge in [0, 0.05) is 0 Å². The second-order valence-corrected chi connectivity index (χ2v) is 5.70. The lowest BCUT2D eigenvalue weighted by Crippen LogP contribution is -2.33. The monoisotopic (exact) mass is 279 g/mol. The third-order valence-corrected chi connectivity index (χ3v) is 4.01. The van der Waals surface area contributed by atoms with E-state index in [-0.39, 0.29) is 4.90 Å². The van der Waals surface area contributed by atoms with Crippen LogP contribution in [0, 0.1) is 0 Å². The number of benzene rings is 1. The van der Waals surface area contributed by atoms with Crippen LogP contribution in [-0.4, -0.2) is 14.3 Å². The largest absolute Gasteiger partial charge is 0.469 e. The molecule has 1 unspecified atom stereocenters. The zero-order valence-corrected chi connectivity index (χ0v) is 11.1. The molecule has 0 radical (unpaired) electrons. The van der Waals surface area contributed by atoms with E-state index in [1.165, 1.54) is 18.4 Å². The normalized spacial score (nSPS) is 12.9. The van der Waals surface area contributed by atoms with Crippen LogP contribution < -0.4 is 4.72 Å². The summed E-state index contributed by atoms with van der Waals surface area (Å²) in [7, 11) is -3.84. The average Bonchev–Trinajstić information content (AvgIpc) is 2.92. The maximum absolute atomic E-state index is 12.0. The molecular weight excluding hydrogens is 266 g/mol. The van der Waals surface area contributed by atoms with E-state index in [0.717, 1.165) is 0 Å². The third kappa shape index (κ3) is 3.03. The molecule has 1 atom stereocenters. The highest BCUT2D eigenvalue weighted by Gasteiger charge is 2.23. The Hall–Kier alpha value is -2.08. The summed E-state index contributed by atoms with van der Waals surface area (Å²) in [6.45, 7) is 1.58. The zero-order valence-electron chi connectivity index (χ0n) is 10.2. The molecule has 2 aromatic rings. The van der Waals surface area contributed by atoms with Gasteiger partial charge in [-0.3, -0.25) is 4.79 Å². The van der Waals surface area contributed by atoms with Crippen molar-refractivity contribution in [3.05, 3.63) is 54.5 Å². The summed E-state index contributed by atoms with van der Waals surface area (Å²) >= 11 is 0. The summed E-state index contributed by atoms with van der Waals surface area (Å²) < 4.78 is 31.0. The number of sulfonamides is 1. The molecule has 100 valence electrons. The lowest BCUT2D eigenvalue weighted by atomic mass is 10.1. The smallest absolute Gasteiger partial charge is 0.264 e. The molecule has 1 amide bonds. The highest BCUT2D eigenvalue weighted by Crippen LogP contribution is 2.17. The first-order valence-electron chi connectivity index (χ1n) is 5.66. The molecule has 1 heterocycles. The third-order valence-electron chi connectivity index (χ3n) is 2.65. The van der Waals surface area contributed by atoms with Gasteiger partial charge in [-0.15, -0.1) is 0 Å². The minimum atomic E-state index is -3.84. The van der Waals surface area contributed by atoms with E-state index in [4.69, 9.17) is 4.42 Å². The Bertz CT molecular complexity index is 647. The molecule has 0 fully saturated rings. The van der Waals surface area contributed by atoms with Gasteiger partial charge in [-0.25, -0.2) is 13.1 Å². The SMILES string of the molecule is CC(C(=O)NS(=O)(=O)c1ccccc1)c1ccco1. The summed E-state index contributed by atoms with van der Waals surface area (Å²) in [5.41, 5.74) is 0. The maximum Gasteiger partial charge on any atom is 0.264 e. The van der Waals surface area contributed by atoms with Crippen LogP contribution in [0.1, 0.15) is 18.6 Å². The Kier molecular flexibility index (Phi) is 3.71. The highest BCUT2D eigenvalue weighted by atomic mass is 32.2. The minimum Gasteiger partial charge on any atom is -0.469 e. The molecule has 2 rings (SSSR count). The number of carbonyl (C=O) groups is 1. The first-order chi connectivity index (χ1) is 9.00.